The summed E-state index contributed by atoms with van der Waals surface area (Å²) in [5.74, 6) is 0. The lowest BCUT2D eigenvalue weighted by Crippen LogP contribution is -2.47. The molecule has 15 nitrogen and oxygen atoms in total. The van der Waals surface area contributed by atoms with Crippen LogP contribution in [0, 0.1) is 0 Å². The Morgan fingerprint density at radius 2 is 1.31 bits per heavy atom. The normalized spacial score (nSPS) is 48.9. The van der Waals surface area contributed by atoms with Crippen LogP contribution in [-0.2, 0) is 23.7 Å². The van der Waals surface area contributed by atoms with Crippen molar-refractivity contribution >= 4 is 0 Å². The van der Waals surface area contributed by atoms with Crippen LogP contribution in [0.2, 0.25) is 0 Å². The molecule has 0 aromatic carbocycles. The Morgan fingerprint density at radius 3 is 1.84 bits per heavy atom. The standard InChI is InChI=1S/C17H30O15/c18-1-4(20)13-9(23)12(26)16(32-13)28-3-6(14-8(22)10(24)15(27)31-14)30-17-11(25)7(21)5(2-19)29-17/h4-27H,1-3H2/t4-,5+,6-,7+,8+,9+,10+,11-,12+,13-,14-,15+,16+,17+/m0/s1. The summed E-state index contributed by atoms with van der Waals surface area (Å²) < 4.78 is 26.4. The summed E-state index contributed by atoms with van der Waals surface area (Å²) in [4.78, 5) is 0. The van der Waals surface area contributed by atoms with Crippen LogP contribution < -0.4 is 0 Å². The summed E-state index contributed by atoms with van der Waals surface area (Å²) in [5, 5.41) is 97.6. The van der Waals surface area contributed by atoms with Crippen LogP contribution in [0.3, 0.4) is 0 Å². The molecule has 3 aliphatic heterocycles. The number of hydrogen-bond donors (Lipinski definition) is 10. The molecule has 0 aromatic heterocycles. The van der Waals surface area contributed by atoms with E-state index < -0.39 is 106 Å². The van der Waals surface area contributed by atoms with Gasteiger partial charge in [0.1, 0.15) is 67.1 Å². The average molecular weight is 474 g/mol. The van der Waals surface area contributed by atoms with Crippen molar-refractivity contribution in [3.63, 3.8) is 0 Å². The Kier molecular flexibility index (Phi) is 8.75. The van der Waals surface area contributed by atoms with Crippen molar-refractivity contribution in [3.05, 3.63) is 0 Å². The van der Waals surface area contributed by atoms with Crippen molar-refractivity contribution in [1.82, 2.24) is 0 Å². The van der Waals surface area contributed by atoms with E-state index in [1.165, 1.54) is 0 Å². The highest BCUT2D eigenvalue weighted by Crippen LogP contribution is 2.30. The monoisotopic (exact) mass is 474 g/mol. The molecular weight excluding hydrogens is 444 g/mol. The third-order valence-electron chi connectivity index (χ3n) is 5.70. The predicted molar refractivity (Wildman–Crippen MR) is 95.2 cm³/mol. The van der Waals surface area contributed by atoms with Crippen LogP contribution in [0.25, 0.3) is 0 Å². The Balaban J connectivity index is 1.69. The lowest BCUT2D eigenvalue weighted by atomic mass is 10.1. The molecule has 32 heavy (non-hydrogen) atoms. The average Bonchev–Trinajstić information content (AvgIpc) is 3.32. The van der Waals surface area contributed by atoms with Gasteiger partial charge in [-0.2, -0.15) is 0 Å². The molecule has 0 aromatic rings. The van der Waals surface area contributed by atoms with Gasteiger partial charge in [0.15, 0.2) is 18.9 Å². The molecule has 14 atom stereocenters. The highest BCUT2D eigenvalue weighted by molar-refractivity contribution is 4.94. The first-order chi connectivity index (χ1) is 15.1. The predicted octanol–water partition coefficient (Wildman–Crippen LogP) is -6.93. The van der Waals surface area contributed by atoms with Gasteiger partial charge in [-0.15, -0.1) is 0 Å². The lowest BCUT2D eigenvalue weighted by Gasteiger charge is -2.30. The second-order valence-corrected chi connectivity index (χ2v) is 7.89. The van der Waals surface area contributed by atoms with E-state index >= 15 is 0 Å². The van der Waals surface area contributed by atoms with Crippen molar-refractivity contribution in [2.24, 2.45) is 0 Å². The van der Waals surface area contributed by atoms with E-state index in [9.17, 15) is 46.0 Å². The van der Waals surface area contributed by atoms with E-state index in [1.54, 1.807) is 0 Å². The molecule has 0 bridgehead atoms. The molecule has 3 aliphatic rings. The smallest absolute Gasteiger partial charge is 0.187 e. The fraction of sp³-hybridized carbons (Fsp3) is 1.00. The molecule has 3 heterocycles. The highest BCUT2D eigenvalue weighted by Gasteiger charge is 2.51. The SMILES string of the molecule is OC[C@H](O)[C@@H]1O[C@@H](OC[C@H](O[C@H]2O[C@H](CO)[C@@H](O)[C@@H]2O)[C@@H]2O[C@@H](O)[C@H](O)[C@H]2O)[C@H](O)[C@H]1O. The summed E-state index contributed by atoms with van der Waals surface area (Å²) in [6.07, 6.45) is -21.4. The fourth-order valence-corrected chi connectivity index (χ4v) is 3.78. The molecule has 3 fully saturated rings. The molecule has 0 amide bonds. The van der Waals surface area contributed by atoms with Gasteiger partial charge in [0.2, 0.25) is 0 Å². The molecule has 0 spiro atoms. The molecule has 0 aliphatic carbocycles. The van der Waals surface area contributed by atoms with Gasteiger partial charge in [0.25, 0.3) is 0 Å². The zero-order valence-corrected chi connectivity index (χ0v) is 16.7. The maximum atomic E-state index is 10.2. The number of ether oxygens (including phenoxy) is 5. The molecule has 0 unspecified atom stereocenters. The van der Waals surface area contributed by atoms with Crippen LogP contribution in [-0.4, -0.2) is 157 Å². The molecular formula is C17H30O15. The highest BCUT2D eigenvalue weighted by atomic mass is 16.7. The number of aliphatic hydroxyl groups excluding tert-OH is 10. The molecule has 15 heteroatoms. The van der Waals surface area contributed by atoms with E-state index in [4.69, 9.17) is 28.8 Å². The first-order valence-corrected chi connectivity index (χ1v) is 10.00. The number of rotatable bonds is 9. The molecule has 3 rings (SSSR count). The second-order valence-electron chi connectivity index (χ2n) is 7.89. The third kappa shape index (κ3) is 5.07. The molecule has 10 N–H and O–H groups in total. The zero-order valence-electron chi connectivity index (χ0n) is 16.7. The minimum absolute atomic E-state index is 0.579. The topological polar surface area (TPSA) is 248 Å². The lowest BCUT2D eigenvalue weighted by molar-refractivity contribution is -0.257. The number of hydrogen-bond acceptors (Lipinski definition) is 15. The van der Waals surface area contributed by atoms with Gasteiger partial charge in [0, 0.05) is 0 Å². The Hall–Kier alpha value is -0.600. The summed E-state index contributed by atoms with van der Waals surface area (Å²) >= 11 is 0. The molecule has 0 radical (unpaired) electrons. The maximum Gasteiger partial charge on any atom is 0.187 e. The Labute approximate surface area is 181 Å². The van der Waals surface area contributed by atoms with E-state index in [1.807, 2.05) is 0 Å². The van der Waals surface area contributed by atoms with E-state index in [2.05, 4.69) is 0 Å². The van der Waals surface area contributed by atoms with Crippen molar-refractivity contribution in [2.45, 2.75) is 86.0 Å². The van der Waals surface area contributed by atoms with Gasteiger partial charge in [0.05, 0.1) is 19.8 Å². The summed E-state index contributed by atoms with van der Waals surface area (Å²) in [5.41, 5.74) is 0. The summed E-state index contributed by atoms with van der Waals surface area (Å²) in [6.45, 7) is -1.96. The Bertz CT molecular complexity index is 596. The van der Waals surface area contributed by atoms with Crippen LogP contribution in [0.5, 0.6) is 0 Å². The van der Waals surface area contributed by atoms with Gasteiger partial charge in [-0.25, -0.2) is 0 Å². The molecule has 3 saturated heterocycles. The van der Waals surface area contributed by atoms with Gasteiger partial charge >= 0.3 is 0 Å². The van der Waals surface area contributed by atoms with Crippen LogP contribution >= 0.6 is 0 Å². The van der Waals surface area contributed by atoms with Crippen molar-refractivity contribution in [3.8, 4) is 0 Å². The third-order valence-corrected chi connectivity index (χ3v) is 5.70. The summed E-state index contributed by atoms with van der Waals surface area (Å²) in [7, 11) is 0. The van der Waals surface area contributed by atoms with Crippen molar-refractivity contribution in [2.75, 3.05) is 19.8 Å². The van der Waals surface area contributed by atoms with Gasteiger partial charge in [-0.05, 0) is 0 Å². The van der Waals surface area contributed by atoms with E-state index in [0.29, 0.717) is 0 Å². The minimum atomic E-state index is -1.77. The minimum Gasteiger partial charge on any atom is -0.394 e. The molecule has 188 valence electrons. The Morgan fingerprint density at radius 1 is 0.688 bits per heavy atom. The fourth-order valence-electron chi connectivity index (χ4n) is 3.78. The van der Waals surface area contributed by atoms with Crippen LogP contribution in [0.4, 0.5) is 0 Å². The van der Waals surface area contributed by atoms with Gasteiger partial charge in [-0.3, -0.25) is 0 Å². The quantitative estimate of drug-likeness (QED) is 0.149. The number of aliphatic hydroxyl groups is 10. The van der Waals surface area contributed by atoms with Crippen molar-refractivity contribution in [1.29, 1.82) is 0 Å². The van der Waals surface area contributed by atoms with Crippen LogP contribution in [0.1, 0.15) is 0 Å². The largest absolute Gasteiger partial charge is 0.394 e. The van der Waals surface area contributed by atoms with Gasteiger partial charge in [-0.1, -0.05) is 0 Å². The summed E-state index contributed by atoms with van der Waals surface area (Å²) in [6, 6.07) is 0. The second kappa shape index (κ2) is 10.8. The van der Waals surface area contributed by atoms with Crippen LogP contribution in [0.15, 0.2) is 0 Å². The van der Waals surface area contributed by atoms with E-state index in [0.717, 1.165) is 0 Å². The van der Waals surface area contributed by atoms with Gasteiger partial charge < -0.3 is 74.7 Å². The van der Waals surface area contributed by atoms with Crippen molar-refractivity contribution < 1.29 is 74.7 Å². The first-order valence-electron chi connectivity index (χ1n) is 10.00. The first kappa shape index (κ1) is 26.0. The molecule has 0 saturated carbocycles. The van der Waals surface area contributed by atoms with E-state index in [-0.39, 0.29) is 0 Å². The zero-order chi connectivity index (χ0) is 23.7. The maximum absolute atomic E-state index is 10.2.